The van der Waals surface area contributed by atoms with Crippen LogP contribution >= 0.6 is 0 Å². The van der Waals surface area contributed by atoms with E-state index in [9.17, 15) is 28.8 Å². The van der Waals surface area contributed by atoms with E-state index >= 15 is 0 Å². The van der Waals surface area contributed by atoms with E-state index in [1.54, 1.807) is 4.90 Å². The van der Waals surface area contributed by atoms with Crippen LogP contribution in [0.3, 0.4) is 0 Å². The Hall–Kier alpha value is -3.90. The highest BCUT2D eigenvalue weighted by molar-refractivity contribution is 6.37. The largest absolute Gasteiger partial charge is 0.363 e. The summed E-state index contributed by atoms with van der Waals surface area (Å²) in [5.74, 6) is -3.54. The van der Waals surface area contributed by atoms with Crippen molar-refractivity contribution in [3.05, 3.63) is 24.3 Å². The lowest BCUT2D eigenvalue weighted by atomic mass is 9.69. The molecule has 50 heavy (non-hydrogen) atoms. The van der Waals surface area contributed by atoms with Crippen LogP contribution in [0.25, 0.3) is 0 Å². The maximum Gasteiger partial charge on any atom is 0.287 e. The van der Waals surface area contributed by atoms with Crippen molar-refractivity contribution in [2.75, 3.05) is 6.54 Å². The van der Waals surface area contributed by atoms with E-state index in [2.05, 4.69) is 39.8 Å². The molecular weight excluding hydrogens is 638 g/mol. The number of nitrogens with zero attached hydrogens (tertiary/aromatic N) is 3. The summed E-state index contributed by atoms with van der Waals surface area (Å²) in [6.45, 7) is 6.55. The summed E-state index contributed by atoms with van der Waals surface area (Å²) in [7, 11) is 0. The third-order valence-electron chi connectivity index (χ3n) is 12.6. The number of fused-ring (bicyclic) bond motifs is 1. The number of carbonyl (C=O) groups is 6. The molecule has 4 aliphatic carbocycles. The molecule has 5 aliphatic rings. The lowest BCUT2D eigenvalue weighted by Crippen LogP contribution is -2.63. The average Bonchev–Trinajstić information content (AvgIpc) is 3.97. The molecule has 0 bridgehead atoms. The Bertz CT molecular complexity index is 1480. The number of primary amides is 1. The van der Waals surface area contributed by atoms with Crippen molar-refractivity contribution in [1.82, 2.24) is 30.8 Å². The van der Waals surface area contributed by atoms with Gasteiger partial charge in [-0.2, -0.15) is 0 Å². The number of aromatic nitrogens is 2. The summed E-state index contributed by atoms with van der Waals surface area (Å²) in [5.41, 5.74) is 4.71. The summed E-state index contributed by atoms with van der Waals surface area (Å²) < 4.78 is 0. The molecule has 272 valence electrons. The molecule has 6 rings (SSSR count). The van der Waals surface area contributed by atoms with Crippen LogP contribution in [0.15, 0.2) is 18.6 Å². The second kappa shape index (κ2) is 14.4. The number of Topliss-reactive ketones (excluding diaryl/α,β-unsaturated/α-hetero) is 1. The van der Waals surface area contributed by atoms with Gasteiger partial charge in [0.05, 0.1) is 12.2 Å². The minimum absolute atomic E-state index is 0.0766. The first-order valence-corrected chi connectivity index (χ1v) is 18.6. The molecule has 1 aromatic rings. The van der Waals surface area contributed by atoms with Gasteiger partial charge in [-0.1, -0.05) is 72.1 Å². The molecule has 13 heteroatoms. The highest BCUT2D eigenvalue weighted by Gasteiger charge is 2.70. The van der Waals surface area contributed by atoms with E-state index < -0.39 is 59.0 Å². The van der Waals surface area contributed by atoms with E-state index in [0.717, 1.165) is 77.0 Å². The van der Waals surface area contributed by atoms with Gasteiger partial charge in [-0.3, -0.25) is 33.8 Å². The number of amides is 5. The van der Waals surface area contributed by atoms with Crippen molar-refractivity contribution in [1.29, 1.82) is 0 Å². The average molecular weight is 692 g/mol. The quantitative estimate of drug-likeness (QED) is 0.227. The number of carbonyl (C=O) groups excluding carboxylic acids is 6. The predicted molar refractivity (Wildman–Crippen MR) is 183 cm³/mol. The van der Waals surface area contributed by atoms with Gasteiger partial charge in [0.25, 0.3) is 11.8 Å². The van der Waals surface area contributed by atoms with Gasteiger partial charge < -0.3 is 26.6 Å². The molecule has 2 heterocycles. The molecule has 0 aromatic carbocycles. The molecule has 5 N–H and O–H groups in total. The van der Waals surface area contributed by atoms with Crippen LogP contribution in [-0.4, -0.2) is 80.9 Å². The highest BCUT2D eigenvalue weighted by Crippen LogP contribution is 2.65. The third kappa shape index (κ3) is 7.42. The number of piperidine rings is 1. The van der Waals surface area contributed by atoms with E-state index in [1.807, 2.05) is 6.92 Å². The Kier molecular flexibility index (Phi) is 10.3. The van der Waals surface area contributed by atoms with E-state index in [4.69, 9.17) is 5.73 Å². The molecule has 4 saturated carbocycles. The molecular formula is C37H53N7O6. The molecule has 0 spiro atoms. The summed E-state index contributed by atoms with van der Waals surface area (Å²) in [4.78, 5) is 91.2. The van der Waals surface area contributed by atoms with Crippen LogP contribution in [0, 0.1) is 34.5 Å². The maximum absolute atomic E-state index is 14.9. The molecule has 13 nitrogen and oxygen atoms in total. The van der Waals surface area contributed by atoms with Gasteiger partial charge in [-0.25, -0.2) is 4.98 Å². The van der Waals surface area contributed by atoms with Gasteiger partial charge in [-0.05, 0) is 66.6 Å². The van der Waals surface area contributed by atoms with Crippen LogP contribution in [0.4, 0.5) is 0 Å². The van der Waals surface area contributed by atoms with Crippen molar-refractivity contribution >= 4 is 35.3 Å². The number of rotatable bonds is 13. The Balaban J connectivity index is 1.27. The Morgan fingerprint density at radius 1 is 0.900 bits per heavy atom. The molecule has 0 radical (unpaired) electrons. The molecule has 5 amide bonds. The zero-order valence-electron chi connectivity index (χ0n) is 29.6. The van der Waals surface area contributed by atoms with Crippen LogP contribution < -0.4 is 21.7 Å². The molecule has 1 aromatic heterocycles. The molecule has 1 aliphatic heterocycles. The number of hydrogen-bond donors (Lipinski definition) is 4. The second-order valence-corrected chi connectivity index (χ2v) is 16.5. The van der Waals surface area contributed by atoms with Crippen LogP contribution in [-0.2, 0) is 24.0 Å². The summed E-state index contributed by atoms with van der Waals surface area (Å²) in [6, 6.07) is -3.70. The van der Waals surface area contributed by atoms with Crippen LogP contribution in [0.1, 0.15) is 115 Å². The van der Waals surface area contributed by atoms with Gasteiger partial charge in [0.2, 0.25) is 23.5 Å². The zero-order chi connectivity index (χ0) is 35.8. The van der Waals surface area contributed by atoms with Gasteiger partial charge in [0.1, 0.15) is 23.8 Å². The van der Waals surface area contributed by atoms with Crippen molar-refractivity contribution in [3.8, 4) is 0 Å². The van der Waals surface area contributed by atoms with E-state index in [1.165, 1.54) is 18.6 Å². The molecule has 5 fully saturated rings. The fourth-order valence-corrected chi connectivity index (χ4v) is 9.24. The SMILES string of the molecule is CC1([C@H](NC(=O)[C@@H](NC(=O)c2cnccn2)C2CCCCC2)C(=O)N2C[C@H]3[C@@H]([C@H]2C(=O)NC(CC2CC2)C(=O)C(N)=O)C3(C)C)CCCCC1. The maximum atomic E-state index is 14.9. The number of nitrogens with two attached hydrogens (primary N) is 1. The number of ketones is 1. The first-order valence-electron chi connectivity index (χ1n) is 18.6. The van der Waals surface area contributed by atoms with Crippen LogP contribution in [0.5, 0.6) is 0 Å². The van der Waals surface area contributed by atoms with Crippen LogP contribution in [0.2, 0.25) is 0 Å². The second-order valence-electron chi connectivity index (χ2n) is 16.5. The minimum atomic E-state index is -1.09. The van der Waals surface area contributed by atoms with Crippen molar-refractivity contribution in [2.45, 2.75) is 128 Å². The monoisotopic (exact) mass is 691 g/mol. The van der Waals surface area contributed by atoms with Crippen molar-refractivity contribution in [3.63, 3.8) is 0 Å². The first-order chi connectivity index (χ1) is 23.8. The topological polar surface area (TPSA) is 194 Å². The predicted octanol–water partition coefficient (Wildman–Crippen LogP) is 2.43. The number of hydrogen-bond acceptors (Lipinski definition) is 8. The van der Waals surface area contributed by atoms with E-state index in [0.29, 0.717) is 13.0 Å². The fourth-order valence-electron chi connectivity index (χ4n) is 9.24. The molecule has 6 atom stereocenters. The number of nitrogens with one attached hydrogen (secondary N) is 3. The highest BCUT2D eigenvalue weighted by atomic mass is 16.2. The zero-order valence-corrected chi connectivity index (χ0v) is 29.6. The first kappa shape index (κ1) is 35.9. The lowest BCUT2D eigenvalue weighted by molar-refractivity contribution is -0.148. The van der Waals surface area contributed by atoms with Gasteiger partial charge in [-0.15, -0.1) is 0 Å². The van der Waals surface area contributed by atoms with Crippen molar-refractivity contribution < 1.29 is 28.8 Å². The number of likely N-dealkylation sites (tertiary alicyclic amines) is 1. The van der Waals surface area contributed by atoms with E-state index in [-0.39, 0.29) is 40.7 Å². The normalized spacial score (nSPS) is 27.2. The Labute approximate surface area is 294 Å². The summed E-state index contributed by atoms with van der Waals surface area (Å²) in [5, 5.41) is 8.91. The third-order valence-corrected chi connectivity index (χ3v) is 12.6. The van der Waals surface area contributed by atoms with Gasteiger partial charge in [0.15, 0.2) is 0 Å². The summed E-state index contributed by atoms with van der Waals surface area (Å²) in [6.07, 6.45) is 15.2. The fraction of sp³-hybridized carbons (Fsp3) is 0.730. The summed E-state index contributed by atoms with van der Waals surface area (Å²) >= 11 is 0. The smallest absolute Gasteiger partial charge is 0.287 e. The standard InChI is InChI=1S/C37H53N7O6/c1-36(2)23-20-44(28(26(23)36)34(49)41-24(18-21-12-13-21)29(45)31(38)46)35(50)30(37(3)14-8-5-9-15-37)43-33(48)27(22-10-6-4-7-11-22)42-32(47)25-19-39-16-17-40-25/h16-17,19,21-24,26-28,30H,4-15,18,20H2,1-3H3,(H2,38,46)(H,41,49)(H,42,47)(H,43,48)/t23-,24?,26-,27-,28-,30+/m0/s1. The van der Waals surface area contributed by atoms with Gasteiger partial charge in [0, 0.05) is 18.9 Å². The van der Waals surface area contributed by atoms with Gasteiger partial charge >= 0.3 is 0 Å². The Morgan fingerprint density at radius 2 is 1.58 bits per heavy atom. The minimum Gasteiger partial charge on any atom is -0.363 e. The molecule has 1 saturated heterocycles. The Morgan fingerprint density at radius 3 is 2.20 bits per heavy atom. The molecule has 1 unspecified atom stereocenters. The lowest BCUT2D eigenvalue weighted by Gasteiger charge is -2.44. The van der Waals surface area contributed by atoms with Crippen molar-refractivity contribution in [2.24, 2.45) is 40.2 Å².